The summed E-state index contributed by atoms with van der Waals surface area (Å²) in [5.74, 6) is -0.264. The van der Waals surface area contributed by atoms with E-state index in [4.69, 9.17) is 9.47 Å². The largest absolute Gasteiger partial charge is 0.493 e. The van der Waals surface area contributed by atoms with Gasteiger partial charge in [-0.05, 0) is 86.8 Å². The van der Waals surface area contributed by atoms with Crippen LogP contribution in [0.25, 0.3) is 11.1 Å². The fourth-order valence-electron chi connectivity index (χ4n) is 5.56. The van der Waals surface area contributed by atoms with Crippen molar-refractivity contribution in [3.63, 3.8) is 0 Å². The molecule has 0 saturated heterocycles. The van der Waals surface area contributed by atoms with E-state index >= 15 is 4.39 Å². The van der Waals surface area contributed by atoms with Crippen molar-refractivity contribution in [1.29, 1.82) is 0 Å². The van der Waals surface area contributed by atoms with E-state index in [9.17, 15) is 9.90 Å². The summed E-state index contributed by atoms with van der Waals surface area (Å²) in [6.45, 7) is 6.64. The van der Waals surface area contributed by atoms with Crippen molar-refractivity contribution in [2.24, 2.45) is 11.8 Å². The van der Waals surface area contributed by atoms with Crippen LogP contribution in [-0.2, 0) is 4.79 Å². The Hall–Kier alpha value is -2.56. The van der Waals surface area contributed by atoms with Crippen molar-refractivity contribution in [2.45, 2.75) is 110 Å². The number of rotatable bonds is 16. The second-order valence-corrected chi connectivity index (χ2v) is 11.1. The SMILES string of the molecule is CCCCCC[C@H](C)Oc1ccc(-c2ccc(OCC(CC)C[C@@](F)(C(=O)O)C3CCCCC3)cc2)cc1. The van der Waals surface area contributed by atoms with E-state index in [1.807, 2.05) is 43.3 Å². The van der Waals surface area contributed by atoms with E-state index in [1.165, 1.54) is 25.7 Å². The molecule has 0 aromatic heterocycles. The number of ether oxygens (including phenoxy) is 2. The predicted molar refractivity (Wildman–Crippen MR) is 153 cm³/mol. The normalized spacial score (nSPS) is 17.4. The first-order chi connectivity index (χ1) is 18.4. The molecule has 0 radical (unpaired) electrons. The topological polar surface area (TPSA) is 55.8 Å². The Morgan fingerprint density at radius 1 is 0.947 bits per heavy atom. The molecule has 0 amide bonds. The molecule has 1 saturated carbocycles. The molecule has 3 rings (SSSR count). The highest BCUT2D eigenvalue weighted by atomic mass is 19.1. The van der Waals surface area contributed by atoms with E-state index in [0.717, 1.165) is 42.6 Å². The maximum absolute atomic E-state index is 15.7. The lowest BCUT2D eigenvalue weighted by Gasteiger charge is -2.35. The number of carboxylic acids is 1. The van der Waals surface area contributed by atoms with Crippen LogP contribution in [0.5, 0.6) is 11.5 Å². The summed E-state index contributed by atoms with van der Waals surface area (Å²) in [5, 5.41) is 9.74. The zero-order valence-electron chi connectivity index (χ0n) is 23.6. The Balaban J connectivity index is 1.52. The van der Waals surface area contributed by atoms with Gasteiger partial charge in [-0.3, -0.25) is 0 Å². The molecule has 0 bridgehead atoms. The molecule has 4 nitrogen and oxygen atoms in total. The third kappa shape index (κ3) is 8.74. The number of aliphatic carboxylic acids is 1. The van der Waals surface area contributed by atoms with Gasteiger partial charge in [0.1, 0.15) is 11.5 Å². The second kappa shape index (κ2) is 15.1. The van der Waals surface area contributed by atoms with Crippen molar-refractivity contribution in [3.8, 4) is 22.6 Å². The number of benzene rings is 2. The minimum atomic E-state index is -2.17. The summed E-state index contributed by atoms with van der Waals surface area (Å²) in [7, 11) is 0. The molecule has 5 heteroatoms. The van der Waals surface area contributed by atoms with Crippen LogP contribution < -0.4 is 9.47 Å². The zero-order chi connectivity index (χ0) is 27.4. The van der Waals surface area contributed by atoms with Crippen LogP contribution in [-0.4, -0.2) is 29.5 Å². The van der Waals surface area contributed by atoms with Crippen LogP contribution in [0.3, 0.4) is 0 Å². The summed E-state index contributed by atoms with van der Waals surface area (Å²) in [4.78, 5) is 11.9. The van der Waals surface area contributed by atoms with Crippen LogP contribution in [0.2, 0.25) is 0 Å². The van der Waals surface area contributed by atoms with E-state index in [2.05, 4.69) is 26.0 Å². The smallest absolute Gasteiger partial charge is 0.341 e. The second-order valence-electron chi connectivity index (χ2n) is 11.1. The Kier molecular flexibility index (Phi) is 11.9. The number of carboxylic acid groups (broad SMARTS) is 1. The van der Waals surface area contributed by atoms with Gasteiger partial charge in [0, 0.05) is 5.92 Å². The van der Waals surface area contributed by atoms with Crippen LogP contribution in [0, 0.1) is 11.8 Å². The number of hydrogen-bond donors (Lipinski definition) is 1. The van der Waals surface area contributed by atoms with Gasteiger partial charge in [0.2, 0.25) is 5.67 Å². The molecular weight excluding hydrogens is 479 g/mol. The lowest BCUT2D eigenvalue weighted by molar-refractivity contribution is -0.158. The monoisotopic (exact) mass is 526 g/mol. The number of unbranched alkanes of at least 4 members (excludes halogenated alkanes) is 3. The van der Waals surface area contributed by atoms with Crippen molar-refractivity contribution >= 4 is 5.97 Å². The average molecular weight is 527 g/mol. The molecule has 1 aliphatic rings. The summed E-state index contributed by atoms with van der Waals surface area (Å²) in [6.07, 6.45) is 11.2. The maximum atomic E-state index is 15.7. The molecular formula is C33H47FO4. The van der Waals surface area contributed by atoms with Gasteiger partial charge < -0.3 is 14.6 Å². The van der Waals surface area contributed by atoms with Gasteiger partial charge in [-0.25, -0.2) is 9.18 Å². The molecule has 3 atom stereocenters. The first-order valence-corrected chi connectivity index (χ1v) is 14.8. The zero-order valence-corrected chi connectivity index (χ0v) is 23.6. The minimum absolute atomic E-state index is 0.00730. The van der Waals surface area contributed by atoms with Crippen molar-refractivity contribution in [2.75, 3.05) is 6.61 Å². The van der Waals surface area contributed by atoms with E-state index < -0.39 is 17.6 Å². The molecule has 1 N–H and O–H groups in total. The molecule has 1 unspecified atom stereocenters. The maximum Gasteiger partial charge on any atom is 0.341 e. The number of alkyl halides is 1. The summed E-state index contributed by atoms with van der Waals surface area (Å²) in [5.41, 5.74) is 0.00780. The standard InChI is InChI=1S/C33H47FO4/c1-4-6-7-9-12-25(3)38-31-21-17-28(18-22-31)27-15-19-30(20-16-27)37-24-26(5-2)23-33(34,32(35)36)29-13-10-8-11-14-29/h15-22,25-26,29H,4-14,23-24H2,1-3H3,(H,35,36)/t25-,26?,33-/m0/s1. The van der Waals surface area contributed by atoms with Gasteiger partial charge in [0.25, 0.3) is 0 Å². The molecule has 1 fully saturated rings. The van der Waals surface area contributed by atoms with Crippen LogP contribution >= 0.6 is 0 Å². The first kappa shape index (κ1) is 30.0. The molecule has 210 valence electrons. The highest BCUT2D eigenvalue weighted by molar-refractivity contribution is 5.77. The van der Waals surface area contributed by atoms with Crippen molar-refractivity contribution in [1.82, 2.24) is 0 Å². The van der Waals surface area contributed by atoms with Gasteiger partial charge in [-0.15, -0.1) is 0 Å². The predicted octanol–water partition coefficient (Wildman–Crippen LogP) is 9.26. The third-order valence-corrected chi connectivity index (χ3v) is 8.10. The average Bonchev–Trinajstić information content (AvgIpc) is 2.94. The van der Waals surface area contributed by atoms with E-state index in [0.29, 0.717) is 31.6 Å². The molecule has 0 heterocycles. The Labute approximate surface area is 228 Å². The number of hydrogen-bond acceptors (Lipinski definition) is 3. The fraction of sp³-hybridized carbons (Fsp3) is 0.606. The molecule has 0 spiro atoms. The number of carbonyl (C=O) groups is 1. The van der Waals surface area contributed by atoms with Crippen LogP contribution in [0.1, 0.15) is 97.8 Å². The van der Waals surface area contributed by atoms with Gasteiger partial charge in [0.15, 0.2) is 0 Å². The molecule has 2 aromatic rings. The lowest BCUT2D eigenvalue weighted by Crippen LogP contribution is -2.44. The van der Waals surface area contributed by atoms with Crippen molar-refractivity contribution in [3.05, 3.63) is 48.5 Å². The van der Waals surface area contributed by atoms with Gasteiger partial charge in [-0.1, -0.05) is 76.6 Å². The third-order valence-electron chi connectivity index (χ3n) is 8.10. The van der Waals surface area contributed by atoms with Crippen molar-refractivity contribution < 1.29 is 23.8 Å². The van der Waals surface area contributed by atoms with Gasteiger partial charge in [-0.2, -0.15) is 0 Å². The summed E-state index contributed by atoms with van der Waals surface area (Å²) < 4.78 is 27.8. The molecule has 2 aromatic carbocycles. The number of halogens is 1. The van der Waals surface area contributed by atoms with E-state index in [1.54, 1.807) is 0 Å². The van der Waals surface area contributed by atoms with Gasteiger partial charge >= 0.3 is 5.97 Å². The first-order valence-electron chi connectivity index (χ1n) is 14.8. The molecule has 38 heavy (non-hydrogen) atoms. The van der Waals surface area contributed by atoms with E-state index in [-0.39, 0.29) is 18.4 Å². The fourth-order valence-corrected chi connectivity index (χ4v) is 5.56. The molecule has 0 aliphatic heterocycles. The lowest BCUT2D eigenvalue weighted by atomic mass is 9.74. The Morgan fingerprint density at radius 2 is 1.55 bits per heavy atom. The van der Waals surface area contributed by atoms with Crippen LogP contribution in [0.4, 0.5) is 4.39 Å². The molecule has 1 aliphatic carbocycles. The van der Waals surface area contributed by atoms with Crippen LogP contribution in [0.15, 0.2) is 48.5 Å². The summed E-state index contributed by atoms with van der Waals surface area (Å²) >= 11 is 0. The summed E-state index contributed by atoms with van der Waals surface area (Å²) in [6, 6.07) is 16.1. The minimum Gasteiger partial charge on any atom is -0.493 e. The van der Waals surface area contributed by atoms with Gasteiger partial charge in [0.05, 0.1) is 12.7 Å². The highest BCUT2D eigenvalue weighted by Gasteiger charge is 2.47. The Morgan fingerprint density at radius 3 is 2.11 bits per heavy atom. The Bertz CT molecular complexity index is 952. The highest BCUT2D eigenvalue weighted by Crippen LogP contribution is 2.40. The quantitative estimate of drug-likeness (QED) is 0.221.